The summed E-state index contributed by atoms with van der Waals surface area (Å²) >= 11 is 0. The SMILES string of the molecule is C#CC#CCC=CCCCC=CC(=O)NCC(C)C. The van der Waals surface area contributed by atoms with Crippen LogP contribution in [0.3, 0.4) is 0 Å². The largest absolute Gasteiger partial charge is 0.352 e. The highest BCUT2D eigenvalue weighted by atomic mass is 16.1. The molecule has 1 amide bonds. The van der Waals surface area contributed by atoms with Crippen molar-refractivity contribution in [2.24, 2.45) is 5.92 Å². The molecule has 0 heterocycles. The van der Waals surface area contributed by atoms with E-state index in [1.54, 1.807) is 6.08 Å². The maximum Gasteiger partial charge on any atom is 0.243 e. The van der Waals surface area contributed by atoms with Crippen LogP contribution in [0, 0.1) is 30.1 Å². The van der Waals surface area contributed by atoms with Crippen molar-refractivity contribution in [3.8, 4) is 24.2 Å². The average Bonchev–Trinajstić information content (AvgIpc) is 2.38. The zero-order valence-electron chi connectivity index (χ0n) is 11.9. The van der Waals surface area contributed by atoms with Crippen molar-refractivity contribution in [2.45, 2.75) is 39.5 Å². The molecule has 0 saturated carbocycles. The molecule has 102 valence electrons. The van der Waals surface area contributed by atoms with Gasteiger partial charge in [-0.25, -0.2) is 0 Å². The number of terminal acetylenes is 1. The van der Waals surface area contributed by atoms with Crippen molar-refractivity contribution in [1.29, 1.82) is 0 Å². The molecule has 0 rings (SSSR count). The third kappa shape index (κ3) is 14.0. The minimum Gasteiger partial charge on any atom is -0.352 e. The van der Waals surface area contributed by atoms with E-state index in [0.29, 0.717) is 12.3 Å². The van der Waals surface area contributed by atoms with Gasteiger partial charge in [0.2, 0.25) is 5.91 Å². The van der Waals surface area contributed by atoms with Crippen LogP contribution in [0.4, 0.5) is 0 Å². The van der Waals surface area contributed by atoms with Gasteiger partial charge in [-0.1, -0.05) is 38.0 Å². The number of amides is 1. The second kappa shape index (κ2) is 12.5. The Morgan fingerprint density at radius 3 is 2.68 bits per heavy atom. The molecule has 2 heteroatoms. The van der Waals surface area contributed by atoms with Gasteiger partial charge >= 0.3 is 0 Å². The number of hydrogen-bond acceptors (Lipinski definition) is 1. The molecule has 0 bridgehead atoms. The fraction of sp³-hybridized carbons (Fsp3) is 0.471. The second-order valence-corrected chi connectivity index (χ2v) is 4.59. The molecular weight excluding hydrogens is 234 g/mol. The maximum absolute atomic E-state index is 11.3. The van der Waals surface area contributed by atoms with E-state index in [2.05, 4.69) is 43.0 Å². The van der Waals surface area contributed by atoms with Gasteiger partial charge in [0.15, 0.2) is 0 Å². The van der Waals surface area contributed by atoms with Crippen molar-refractivity contribution >= 4 is 5.91 Å². The van der Waals surface area contributed by atoms with Crippen LogP contribution >= 0.6 is 0 Å². The molecule has 0 unspecified atom stereocenters. The van der Waals surface area contributed by atoms with E-state index in [1.165, 1.54) is 0 Å². The Morgan fingerprint density at radius 2 is 2.00 bits per heavy atom. The van der Waals surface area contributed by atoms with Gasteiger partial charge < -0.3 is 5.32 Å². The summed E-state index contributed by atoms with van der Waals surface area (Å²) in [6.45, 7) is 4.87. The topological polar surface area (TPSA) is 29.1 Å². The van der Waals surface area contributed by atoms with Crippen LogP contribution in [0.1, 0.15) is 39.5 Å². The second-order valence-electron chi connectivity index (χ2n) is 4.59. The lowest BCUT2D eigenvalue weighted by molar-refractivity contribution is -0.116. The molecule has 0 spiro atoms. The molecule has 0 aromatic heterocycles. The minimum absolute atomic E-state index is 0.00574. The predicted molar refractivity (Wildman–Crippen MR) is 81.2 cm³/mol. The number of hydrogen-bond donors (Lipinski definition) is 1. The van der Waals surface area contributed by atoms with Gasteiger partial charge in [-0.2, -0.15) is 0 Å². The summed E-state index contributed by atoms with van der Waals surface area (Å²) in [5.41, 5.74) is 0. The van der Waals surface area contributed by atoms with E-state index in [-0.39, 0.29) is 5.91 Å². The molecule has 0 aliphatic heterocycles. The summed E-state index contributed by atoms with van der Waals surface area (Å²) in [4.78, 5) is 11.3. The van der Waals surface area contributed by atoms with Crippen LogP contribution < -0.4 is 5.32 Å². The highest BCUT2D eigenvalue weighted by Crippen LogP contribution is 1.98. The number of unbranched alkanes of at least 4 members (excludes halogenated alkanes) is 2. The number of allylic oxidation sites excluding steroid dienone is 3. The highest BCUT2D eigenvalue weighted by Gasteiger charge is 1.96. The van der Waals surface area contributed by atoms with Crippen molar-refractivity contribution in [2.75, 3.05) is 6.54 Å². The Hall–Kier alpha value is -1.93. The quantitative estimate of drug-likeness (QED) is 0.308. The van der Waals surface area contributed by atoms with Crippen LogP contribution in [-0.4, -0.2) is 12.5 Å². The van der Waals surface area contributed by atoms with Crippen LogP contribution in [0.5, 0.6) is 0 Å². The van der Waals surface area contributed by atoms with Gasteiger partial charge in [-0.05, 0) is 43.1 Å². The molecule has 0 radical (unpaired) electrons. The van der Waals surface area contributed by atoms with Gasteiger partial charge in [0.1, 0.15) is 0 Å². The number of carbonyl (C=O) groups excluding carboxylic acids is 1. The first-order valence-corrected chi connectivity index (χ1v) is 6.69. The van der Waals surface area contributed by atoms with Gasteiger partial charge in [-0.3, -0.25) is 4.79 Å². The Kier molecular flexibility index (Phi) is 11.3. The van der Waals surface area contributed by atoms with Crippen molar-refractivity contribution < 1.29 is 4.79 Å². The van der Waals surface area contributed by atoms with E-state index in [1.807, 2.05) is 12.2 Å². The number of carbonyl (C=O) groups is 1. The molecule has 0 fully saturated rings. The third-order valence-electron chi connectivity index (χ3n) is 2.24. The van der Waals surface area contributed by atoms with Crippen molar-refractivity contribution in [3.63, 3.8) is 0 Å². The molecule has 0 aromatic rings. The lowest BCUT2D eigenvalue weighted by Gasteiger charge is -2.04. The zero-order chi connectivity index (χ0) is 14.3. The fourth-order valence-corrected chi connectivity index (χ4v) is 1.27. The van der Waals surface area contributed by atoms with E-state index < -0.39 is 0 Å². The smallest absolute Gasteiger partial charge is 0.243 e. The summed E-state index contributed by atoms with van der Waals surface area (Å²) in [7, 11) is 0. The molecule has 2 nitrogen and oxygen atoms in total. The Morgan fingerprint density at radius 1 is 1.26 bits per heavy atom. The summed E-state index contributed by atoms with van der Waals surface area (Å²) < 4.78 is 0. The molecule has 0 aliphatic rings. The van der Waals surface area contributed by atoms with Crippen LogP contribution in [0.25, 0.3) is 0 Å². The molecule has 0 atom stereocenters. The Balaban J connectivity index is 3.53. The summed E-state index contributed by atoms with van der Waals surface area (Å²) in [5, 5.41) is 2.84. The lowest BCUT2D eigenvalue weighted by atomic mass is 10.2. The van der Waals surface area contributed by atoms with E-state index in [0.717, 1.165) is 25.8 Å². The zero-order valence-corrected chi connectivity index (χ0v) is 11.9. The van der Waals surface area contributed by atoms with E-state index in [4.69, 9.17) is 6.42 Å². The minimum atomic E-state index is -0.00574. The highest BCUT2D eigenvalue weighted by molar-refractivity contribution is 5.87. The van der Waals surface area contributed by atoms with Crippen molar-refractivity contribution in [1.82, 2.24) is 5.32 Å². The van der Waals surface area contributed by atoms with Gasteiger partial charge in [0, 0.05) is 13.0 Å². The third-order valence-corrected chi connectivity index (χ3v) is 2.24. The first kappa shape index (κ1) is 17.1. The lowest BCUT2D eigenvalue weighted by Crippen LogP contribution is -2.25. The van der Waals surface area contributed by atoms with Gasteiger partial charge in [0.05, 0.1) is 0 Å². The summed E-state index contributed by atoms with van der Waals surface area (Å²) in [6.07, 6.45) is 16.3. The Bertz CT molecular complexity index is 399. The number of rotatable bonds is 8. The fourth-order valence-electron chi connectivity index (χ4n) is 1.27. The predicted octanol–water partition coefficient (Wildman–Crippen LogP) is 3.07. The molecule has 19 heavy (non-hydrogen) atoms. The normalized spacial score (nSPS) is 10.4. The van der Waals surface area contributed by atoms with E-state index in [9.17, 15) is 4.79 Å². The van der Waals surface area contributed by atoms with Crippen LogP contribution in [0.2, 0.25) is 0 Å². The standard InChI is InChI=1S/C17H23NO/c1-4-5-6-7-8-9-10-11-12-13-14-17(19)18-15-16(2)3/h1,8-9,13-14,16H,7,10-12,15H2,2-3H3,(H,18,19). The van der Waals surface area contributed by atoms with Crippen molar-refractivity contribution in [3.05, 3.63) is 24.3 Å². The number of nitrogens with one attached hydrogen (secondary N) is 1. The Labute approximate surface area is 117 Å². The summed E-state index contributed by atoms with van der Waals surface area (Å²) in [6, 6.07) is 0. The monoisotopic (exact) mass is 257 g/mol. The molecule has 0 aromatic carbocycles. The van der Waals surface area contributed by atoms with Crippen LogP contribution in [-0.2, 0) is 4.79 Å². The molecule has 0 saturated heterocycles. The molecule has 1 N–H and O–H groups in total. The molecular formula is C17H23NO. The first-order chi connectivity index (χ1) is 9.16. The van der Waals surface area contributed by atoms with E-state index >= 15 is 0 Å². The van der Waals surface area contributed by atoms with Gasteiger partial charge in [0.25, 0.3) is 0 Å². The molecule has 0 aliphatic carbocycles. The van der Waals surface area contributed by atoms with Crippen LogP contribution in [0.15, 0.2) is 24.3 Å². The first-order valence-electron chi connectivity index (χ1n) is 6.69. The summed E-state index contributed by atoms with van der Waals surface area (Å²) in [5.74, 6) is 8.15. The van der Waals surface area contributed by atoms with Gasteiger partial charge in [-0.15, -0.1) is 6.42 Å². The average molecular weight is 257 g/mol. The maximum atomic E-state index is 11.3.